The molecule has 0 saturated carbocycles. The van der Waals surface area contributed by atoms with E-state index in [1.54, 1.807) is 0 Å². The third kappa shape index (κ3) is 8.96. The van der Waals surface area contributed by atoms with Gasteiger partial charge in [-0.3, -0.25) is 0 Å². The van der Waals surface area contributed by atoms with Crippen LogP contribution in [0.2, 0.25) is 0 Å². The number of hydrogen-bond acceptors (Lipinski definition) is 1. The molecule has 0 spiro atoms. The summed E-state index contributed by atoms with van der Waals surface area (Å²) in [6, 6.07) is 56.4. The van der Waals surface area contributed by atoms with E-state index in [1.165, 1.54) is 89.1 Å². The topological polar surface area (TPSA) is 3.24 Å². The Kier molecular flexibility index (Phi) is 11.6. The van der Waals surface area contributed by atoms with Gasteiger partial charge in [-0.15, -0.1) is 0 Å². The fourth-order valence-electron chi connectivity index (χ4n) is 9.79. The lowest BCUT2D eigenvalue weighted by atomic mass is 9.77. The average Bonchev–Trinajstić information content (AvgIpc) is 3.47. The van der Waals surface area contributed by atoms with Gasteiger partial charge in [-0.05, 0) is 147 Å². The predicted molar refractivity (Wildman–Crippen MR) is 288 cm³/mol. The van der Waals surface area contributed by atoms with Crippen molar-refractivity contribution >= 4 is 17.1 Å². The van der Waals surface area contributed by atoms with Crippen LogP contribution >= 0.6 is 0 Å². The van der Waals surface area contributed by atoms with Gasteiger partial charge >= 0.3 is 0 Å². The Morgan fingerprint density at radius 2 is 0.803 bits per heavy atom. The monoisotopic (exact) mass is 870 g/mol. The number of rotatable bonds is 6. The SMILES string of the molecule is CC(C)(C)c1cc(-c2cc(C(C)(C)C)cc(C(C)(C)C)c2)cc(-c2cc(C(C)(C)C)cc(N(c3cccc(C(C)(C)C)c3)c3ccc4c(c3)C(C)(C)c3ccccc3-4)c2-c2ccccc2)c1. The van der Waals surface area contributed by atoms with Crippen molar-refractivity contribution in [2.75, 3.05) is 4.90 Å². The maximum atomic E-state index is 2.58. The minimum absolute atomic E-state index is 0.000208. The van der Waals surface area contributed by atoms with E-state index in [-0.39, 0.29) is 32.5 Å². The van der Waals surface area contributed by atoms with Crippen molar-refractivity contribution in [1.29, 1.82) is 0 Å². The fraction of sp³-hybridized carbons (Fsp3) is 0.354. The average molecular weight is 870 g/mol. The quantitative estimate of drug-likeness (QED) is 0.161. The minimum Gasteiger partial charge on any atom is -0.310 e. The molecule has 0 bridgehead atoms. The largest absolute Gasteiger partial charge is 0.310 e. The Bertz CT molecular complexity index is 2910. The number of benzene rings is 7. The van der Waals surface area contributed by atoms with Gasteiger partial charge in [-0.2, -0.15) is 0 Å². The first-order valence-electron chi connectivity index (χ1n) is 24.3. The van der Waals surface area contributed by atoms with E-state index in [1.807, 2.05) is 0 Å². The Labute approximate surface area is 399 Å². The first-order chi connectivity index (χ1) is 30.6. The van der Waals surface area contributed by atoms with Gasteiger partial charge in [0.25, 0.3) is 0 Å². The Hall–Kier alpha value is -5.66. The molecule has 8 rings (SSSR count). The molecular formula is C65H75N. The first kappa shape index (κ1) is 46.9. The number of hydrogen-bond donors (Lipinski definition) is 0. The Morgan fingerprint density at radius 1 is 0.318 bits per heavy atom. The molecule has 1 heteroatoms. The summed E-state index contributed by atoms with van der Waals surface area (Å²) in [4.78, 5) is 2.58. The zero-order chi connectivity index (χ0) is 47.9. The molecule has 66 heavy (non-hydrogen) atoms. The second-order valence-electron chi connectivity index (χ2n) is 24.9. The third-order valence-corrected chi connectivity index (χ3v) is 14.2. The van der Waals surface area contributed by atoms with Crippen LogP contribution in [0.5, 0.6) is 0 Å². The summed E-state index contributed by atoms with van der Waals surface area (Å²) in [5.74, 6) is 0. The van der Waals surface area contributed by atoms with Crippen molar-refractivity contribution in [3.8, 4) is 44.5 Å². The van der Waals surface area contributed by atoms with Crippen LogP contribution in [0.3, 0.4) is 0 Å². The van der Waals surface area contributed by atoms with Crippen LogP contribution in [-0.2, 0) is 32.5 Å². The van der Waals surface area contributed by atoms with E-state index in [9.17, 15) is 0 Å². The fourth-order valence-corrected chi connectivity index (χ4v) is 9.79. The van der Waals surface area contributed by atoms with Crippen molar-refractivity contribution in [2.45, 2.75) is 150 Å². The normalized spacial score (nSPS) is 14.0. The molecule has 0 amide bonds. The van der Waals surface area contributed by atoms with Crippen LogP contribution < -0.4 is 4.90 Å². The molecule has 1 nitrogen and oxygen atoms in total. The molecule has 7 aromatic rings. The second kappa shape index (κ2) is 16.3. The highest BCUT2D eigenvalue weighted by Gasteiger charge is 2.36. The van der Waals surface area contributed by atoms with Crippen molar-refractivity contribution < 1.29 is 0 Å². The van der Waals surface area contributed by atoms with E-state index in [0.717, 1.165) is 11.4 Å². The van der Waals surface area contributed by atoms with Crippen molar-refractivity contribution in [2.24, 2.45) is 0 Å². The first-order valence-corrected chi connectivity index (χ1v) is 24.3. The standard InChI is InChI=1S/C65H75N/c1-60(2,3)46-26-23-27-51(38-46)66(52-30-31-54-53-28-21-22-29-56(53)65(16,17)57(54)41-52)58-40-50(64(13,14)15)39-55(59(58)42-24-19-18-20-25-42)45-32-43(33-47(36-45)61(4,5)6)44-34-48(62(7,8)9)37-49(35-44)63(10,11)12/h18-41H,1-17H3. The van der Waals surface area contributed by atoms with Crippen LogP contribution in [0.15, 0.2) is 146 Å². The van der Waals surface area contributed by atoms with Gasteiger partial charge in [-0.25, -0.2) is 0 Å². The molecule has 7 aromatic carbocycles. The molecule has 0 N–H and O–H groups in total. The molecule has 1 aliphatic rings. The van der Waals surface area contributed by atoms with Crippen LogP contribution in [0, 0.1) is 0 Å². The van der Waals surface area contributed by atoms with Crippen LogP contribution in [-0.4, -0.2) is 0 Å². The lowest BCUT2D eigenvalue weighted by molar-refractivity contribution is 0.569. The summed E-state index contributed by atoms with van der Waals surface area (Å²) < 4.78 is 0. The summed E-state index contributed by atoms with van der Waals surface area (Å²) in [5.41, 5.74) is 22.6. The van der Waals surface area contributed by atoms with Gasteiger partial charge in [0.15, 0.2) is 0 Å². The van der Waals surface area contributed by atoms with Crippen LogP contribution in [0.25, 0.3) is 44.5 Å². The van der Waals surface area contributed by atoms with Gasteiger partial charge < -0.3 is 4.90 Å². The van der Waals surface area contributed by atoms with Gasteiger partial charge in [0.05, 0.1) is 5.69 Å². The molecule has 0 fully saturated rings. The molecule has 0 aliphatic heterocycles. The molecule has 0 unspecified atom stereocenters. The molecule has 0 atom stereocenters. The predicted octanol–water partition coefficient (Wildman–Crippen LogP) is 19.0. The van der Waals surface area contributed by atoms with Gasteiger partial charge in [0.1, 0.15) is 0 Å². The highest BCUT2D eigenvalue weighted by molar-refractivity contribution is 5.99. The lowest BCUT2D eigenvalue weighted by Crippen LogP contribution is -2.19. The summed E-state index contributed by atoms with van der Waals surface area (Å²) in [7, 11) is 0. The van der Waals surface area contributed by atoms with Gasteiger partial charge in [-0.1, -0.05) is 221 Å². The molecule has 0 aromatic heterocycles. The van der Waals surface area contributed by atoms with Crippen LogP contribution in [0.1, 0.15) is 157 Å². The molecule has 0 saturated heterocycles. The molecule has 0 heterocycles. The van der Waals surface area contributed by atoms with Crippen molar-refractivity contribution in [1.82, 2.24) is 0 Å². The third-order valence-electron chi connectivity index (χ3n) is 14.2. The van der Waals surface area contributed by atoms with E-state index in [2.05, 4.69) is 268 Å². The van der Waals surface area contributed by atoms with Crippen molar-refractivity contribution in [3.63, 3.8) is 0 Å². The Balaban J connectivity index is 1.50. The highest BCUT2D eigenvalue weighted by Crippen LogP contribution is 2.53. The van der Waals surface area contributed by atoms with E-state index in [0.29, 0.717) is 0 Å². The maximum absolute atomic E-state index is 2.58. The zero-order valence-corrected chi connectivity index (χ0v) is 43.3. The molecule has 0 radical (unpaired) electrons. The number of anilines is 3. The second-order valence-corrected chi connectivity index (χ2v) is 24.9. The van der Waals surface area contributed by atoms with E-state index in [4.69, 9.17) is 0 Å². The van der Waals surface area contributed by atoms with Crippen LogP contribution in [0.4, 0.5) is 17.1 Å². The minimum atomic E-state index is -0.150. The van der Waals surface area contributed by atoms with Gasteiger partial charge in [0, 0.05) is 22.4 Å². The van der Waals surface area contributed by atoms with Crippen molar-refractivity contribution in [3.05, 3.63) is 185 Å². The molecular weight excluding hydrogens is 795 g/mol. The zero-order valence-electron chi connectivity index (χ0n) is 43.3. The molecule has 340 valence electrons. The lowest BCUT2D eigenvalue weighted by Gasteiger charge is -2.34. The number of fused-ring (bicyclic) bond motifs is 3. The summed E-state index contributed by atoms with van der Waals surface area (Å²) in [5, 5.41) is 0. The smallest absolute Gasteiger partial charge is 0.0549 e. The number of nitrogens with zero attached hydrogens (tertiary/aromatic N) is 1. The van der Waals surface area contributed by atoms with Gasteiger partial charge in [0.2, 0.25) is 0 Å². The summed E-state index contributed by atoms with van der Waals surface area (Å²) in [6.45, 7) is 39.9. The highest BCUT2D eigenvalue weighted by atomic mass is 15.1. The summed E-state index contributed by atoms with van der Waals surface area (Å²) in [6.07, 6.45) is 0. The van der Waals surface area contributed by atoms with E-state index >= 15 is 0 Å². The molecule has 1 aliphatic carbocycles. The summed E-state index contributed by atoms with van der Waals surface area (Å²) >= 11 is 0. The maximum Gasteiger partial charge on any atom is 0.0549 e. The van der Waals surface area contributed by atoms with E-state index < -0.39 is 0 Å². The Morgan fingerprint density at radius 3 is 1.39 bits per heavy atom.